The van der Waals surface area contributed by atoms with Gasteiger partial charge in [0.15, 0.2) is 5.78 Å². The number of ether oxygens (including phenoxy) is 1. The Bertz CT molecular complexity index is 930. The maximum Gasteiger partial charge on any atom is 0.319 e. The van der Waals surface area contributed by atoms with Crippen molar-refractivity contribution < 1.29 is 14.3 Å². The van der Waals surface area contributed by atoms with Crippen LogP contribution in [0.5, 0.6) is 5.75 Å². The minimum atomic E-state index is -0.421. The number of carbonyl (C=O) groups is 2. The zero-order valence-electron chi connectivity index (χ0n) is 16.1. The second-order valence-electron chi connectivity index (χ2n) is 8.21. The van der Waals surface area contributed by atoms with Gasteiger partial charge in [0.2, 0.25) is 0 Å². The van der Waals surface area contributed by atoms with Crippen molar-refractivity contribution >= 4 is 11.8 Å². The molecule has 144 valence electrons. The highest BCUT2D eigenvalue weighted by Gasteiger charge is 2.40. The first-order valence-electron chi connectivity index (χ1n) is 9.52. The summed E-state index contributed by atoms with van der Waals surface area (Å²) in [7, 11) is 0. The molecule has 0 saturated heterocycles. The minimum Gasteiger partial charge on any atom is -0.489 e. The number of hydrogen-bond donors (Lipinski definition) is 2. The highest BCUT2D eigenvalue weighted by atomic mass is 16.5. The Morgan fingerprint density at radius 2 is 1.71 bits per heavy atom. The van der Waals surface area contributed by atoms with Crippen molar-refractivity contribution in [3.63, 3.8) is 0 Å². The van der Waals surface area contributed by atoms with Crippen LogP contribution in [-0.4, -0.2) is 11.8 Å². The molecule has 5 heteroatoms. The molecule has 0 aromatic heterocycles. The Labute approximate surface area is 164 Å². The van der Waals surface area contributed by atoms with Gasteiger partial charge in [0, 0.05) is 17.7 Å². The summed E-state index contributed by atoms with van der Waals surface area (Å²) in [4.78, 5) is 24.9. The zero-order chi connectivity index (χ0) is 19.7. The van der Waals surface area contributed by atoms with Gasteiger partial charge in [-0.15, -0.1) is 0 Å². The van der Waals surface area contributed by atoms with Crippen LogP contribution in [0.2, 0.25) is 0 Å². The molecule has 4 rings (SSSR count). The van der Waals surface area contributed by atoms with Crippen LogP contribution in [0.3, 0.4) is 0 Å². The van der Waals surface area contributed by atoms with E-state index in [0.29, 0.717) is 25.0 Å². The molecule has 1 atom stereocenters. The van der Waals surface area contributed by atoms with Crippen LogP contribution in [-0.2, 0) is 11.4 Å². The quantitative estimate of drug-likeness (QED) is 0.838. The molecule has 2 amide bonds. The van der Waals surface area contributed by atoms with Crippen molar-refractivity contribution in [3.05, 3.63) is 77.0 Å². The summed E-state index contributed by atoms with van der Waals surface area (Å²) in [6, 6.07) is 16.9. The van der Waals surface area contributed by atoms with Gasteiger partial charge in [-0.1, -0.05) is 56.3 Å². The molecule has 2 N–H and O–H groups in total. The molecular weight excluding hydrogens is 352 g/mol. The van der Waals surface area contributed by atoms with Crippen LogP contribution >= 0.6 is 0 Å². The summed E-state index contributed by atoms with van der Waals surface area (Å²) in [6.45, 7) is 4.60. The van der Waals surface area contributed by atoms with Gasteiger partial charge in [-0.25, -0.2) is 4.79 Å². The van der Waals surface area contributed by atoms with E-state index >= 15 is 0 Å². The summed E-state index contributed by atoms with van der Waals surface area (Å²) >= 11 is 0. The minimum absolute atomic E-state index is 0.0909. The number of nitrogens with one attached hydrogen (secondary N) is 2. The summed E-state index contributed by atoms with van der Waals surface area (Å²) in [5, 5.41) is 5.74. The molecule has 2 aromatic rings. The van der Waals surface area contributed by atoms with Gasteiger partial charge < -0.3 is 15.4 Å². The highest BCUT2D eigenvalue weighted by Crippen LogP contribution is 2.41. The number of carbonyl (C=O) groups excluding carboxylic acids is 2. The predicted octanol–water partition coefficient (Wildman–Crippen LogP) is 4.26. The normalized spacial score (nSPS) is 20.9. The molecule has 1 unspecified atom stereocenters. The number of Topliss-reactive ketones (excluding diaryl/α,β-unsaturated/α-hetero) is 1. The maximum atomic E-state index is 12.8. The molecule has 2 aromatic carbocycles. The van der Waals surface area contributed by atoms with E-state index in [1.165, 1.54) is 0 Å². The van der Waals surface area contributed by atoms with Crippen molar-refractivity contribution in [2.75, 3.05) is 0 Å². The maximum absolute atomic E-state index is 12.8. The lowest BCUT2D eigenvalue weighted by molar-refractivity contribution is -0.118. The molecule has 2 aliphatic rings. The number of ketones is 1. The van der Waals surface area contributed by atoms with Crippen molar-refractivity contribution in [2.24, 2.45) is 5.41 Å². The van der Waals surface area contributed by atoms with Crippen LogP contribution in [0.15, 0.2) is 65.9 Å². The SMILES string of the molecule is CC1(C)CC(=O)C2=C(C1)NC(=O)NC2c1ccc(OCc2ccccc2)cc1. The topological polar surface area (TPSA) is 67.4 Å². The zero-order valence-corrected chi connectivity index (χ0v) is 16.1. The third-order valence-corrected chi connectivity index (χ3v) is 5.21. The van der Waals surface area contributed by atoms with Gasteiger partial charge in [0.1, 0.15) is 12.4 Å². The van der Waals surface area contributed by atoms with Crippen LogP contribution in [0.1, 0.15) is 43.9 Å². The Morgan fingerprint density at radius 1 is 1.00 bits per heavy atom. The Kier molecular flexibility index (Phi) is 4.67. The first-order chi connectivity index (χ1) is 13.4. The molecule has 0 radical (unpaired) electrons. The third-order valence-electron chi connectivity index (χ3n) is 5.21. The fraction of sp³-hybridized carbons (Fsp3) is 0.304. The number of hydrogen-bond acceptors (Lipinski definition) is 3. The van der Waals surface area contributed by atoms with E-state index in [9.17, 15) is 9.59 Å². The Balaban J connectivity index is 1.54. The molecular formula is C23H24N2O3. The fourth-order valence-electron chi connectivity index (χ4n) is 3.90. The van der Waals surface area contributed by atoms with Gasteiger partial charge in [0.25, 0.3) is 0 Å². The lowest BCUT2D eigenvalue weighted by Gasteiger charge is -2.38. The summed E-state index contributed by atoms with van der Waals surface area (Å²) < 4.78 is 5.83. The van der Waals surface area contributed by atoms with Crippen LogP contribution in [0.4, 0.5) is 4.79 Å². The smallest absolute Gasteiger partial charge is 0.319 e. The molecule has 0 bridgehead atoms. The van der Waals surface area contributed by atoms with Crippen molar-refractivity contribution in [3.8, 4) is 5.75 Å². The molecule has 0 saturated carbocycles. The van der Waals surface area contributed by atoms with Crippen molar-refractivity contribution in [1.29, 1.82) is 0 Å². The monoisotopic (exact) mass is 376 g/mol. The Hall–Kier alpha value is -3.08. The molecule has 5 nitrogen and oxygen atoms in total. The number of benzene rings is 2. The second-order valence-corrected chi connectivity index (χ2v) is 8.21. The predicted molar refractivity (Wildman–Crippen MR) is 107 cm³/mol. The molecule has 1 heterocycles. The van der Waals surface area contributed by atoms with E-state index in [-0.39, 0.29) is 17.2 Å². The lowest BCUT2D eigenvalue weighted by atomic mass is 9.73. The van der Waals surface area contributed by atoms with Crippen LogP contribution in [0, 0.1) is 5.41 Å². The molecule has 0 spiro atoms. The fourth-order valence-corrected chi connectivity index (χ4v) is 3.90. The second kappa shape index (κ2) is 7.15. The standard InChI is InChI=1S/C23H24N2O3/c1-23(2)12-18-20(19(26)13-23)21(25-22(27)24-18)16-8-10-17(11-9-16)28-14-15-6-4-3-5-7-15/h3-11,21H,12-14H2,1-2H3,(H2,24,25,27). The largest absolute Gasteiger partial charge is 0.489 e. The van der Waals surface area contributed by atoms with Gasteiger partial charge >= 0.3 is 6.03 Å². The molecule has 1 aliphatic carbocycles. The molecule has 1 aliphatic heterocycles. The average Bonchev–Trinajstić information content (AvgIpc) is 2.65. The number of rotatable bonds is 4. The Morgan fingerprint density at radius 3 is 2.43 bits per heavy atom. The van der Waals surface area contributed by atoms with E-state index in [4.69, 9.17) is 4.74 Å². The summed E-state index contributed by atoms with van der Waals surface area (Å²) in [6.07, 6.45) is 1.18. The van der Waals surface area contributed by atoms with Crippen molar-refractivity contribution in [2.45, 2.75) is 39.3 Å². The van der Waals surface area contributed by atoms with Crippen molar-refractivity contribution in [1.82, 2.24) is 10.6 Å². The van der Waals surface area contributed by atoms with Gasteiger partial charge in [-0.3, -0.25) is 4.79 Å². The third kappa shape index (κ3) is 3.79. The van der Waals surface area contributed by atoms with Gasteiger partial charge in [-0.2, -0.15) is 0 Å². The van der Waals surface area contributed by atoms with E-state index < -0.39 is 6.04 Å². The summed E-state index contributed by atoms with van der Waals surface area (Å²) in [5.41, 5.74) is 3.27. The van der Waals surface area contributed by atoms with Gasteiger partial charge in [0.05, 0.1) is 6.04 Å². The first kappa shape index (κ1) is 18.3. The lowest BCUT2D eigenvalue weighted by Crippen LogP contribution is -2.48. The van der Waals surface area contributed by atoms with E-state index in [1.807, 2.05) is 54.6 Å². The van der Waals surface area contributed by atoms with Gasteiger partial charge in [-0.05, 0) is 35.1 Å². The van der Waals surface area contributed by atoms with E-state index in [2.05, 4.69) is 24.5 Å². The number of amides is 2. The van der Waals surface area contributed by atoms with E-state index in [0.717, 1.165) is 22.6 Å². The van der Waals surface area contributed by atoms with E-state index in [1.54, 1.807) is 0 Å². The average molecular weight is 376 g/mol. The molecule has 0 fully saturated rings. The number of urea groups is 1. The number of allylic oxidation sites excluding steroid dienone is 1. The van der Waals surface area contributed by atoms with Crippen LogP contribution < -0.4 is 15.4 Å². The summed E-state index contributed by atoms with van der Waals surface area (Å²) in [5.74, 6) is 0.839. The van der Waals surface area contributed by atoms with Crippen LogP contribution in [0.25, 0.3) is 0 Å². The highest BCUT2D eigenvalue weighted by molar-refractivity contribution is 6.01. The first-order valence-corrected chi connectivity index (χ1v) is 9.52. The molecule has 28 heavy (non-hydrogen) atoms.